The van der Waals surface area contributed by atoms with Crippen molar-refractivity contribution in [2.75, 3.05) is 17.6 Å². The van der Waals surface area contributed by atoms with Gasteiger partial charge in [0.05, 0.1) is 4.34 Å². The van der Waals surface area contributed by atoms with Crippen LogP contribution in [0.15, 0.2) is 30.3 Å². The van der Waals surface area contributed by atoms with Crippen molar-refractivity contribution in [2.45, 2.75) is 13.3 Å². The first-order valence-corrected chi connectivity index (χ1v) is 7.14. The van der Waals surface area contributed by atoms with Crippen LogP contribution in [-0.2, 0) is 6.42 Å². The Balaban J connectivity index is 1.93. The predicted octanol–water partition coefficient (Wildman–Crippen LogP) is 3.84. The molecule has 3 N–H and O–H groups in total. The molecule has 5 heteroatoms. The Bertz CT molecular complexity index is 595. The van der Waals surface area contributed by atoms with E-state index in [1.807, 2.05) is 18.2 Å². The Morgan fingerprint density at radius 1 is 1.37 bits per heavy atom. The topological polar surface area (TPSA) is 55.1 Å². The molecule has 100 valence electrons. The molecule has 0 bridgehead atoms. The summed E-state index contributed by atoms with van der Waals surface area (Å²) in [7, 11) is 0. The second-order valence-electron chi connectivity index (χ2n) is 4.24. The quantitative estimate of drug-likeness (QED) is 0.651. The van der Waals surface area contributed by atoms with Gasteiger partial charge >= 0.3 is 0 Å². The third-order valence-corrected chi connectivity index (χ3v) is 4.05. The molecule has 0 fully saturated rings. The maximum atomic E-state index is 11.3. The Kier molecular flexibility index (Phi) is 4.45. The van der Waals surface area contributed by atoms with E-state index in [9.17, 15) is 4.79 Å². The zero-order chi connectivity index (χ0) is 13.8. The molecule has 0 spiro atoms. The highest BCUT2D eigenvalue weighted by Gasteiger charge is 2.05. The van der Waals surface area contributed by atoms with Crippen LogP contribution in [0.25, 0.3) is 0 Å². The molecule has 1 aromatic carbocycles. The molecule has 2 rings (SSSR count). The number of carbonyl (C=O) groups is 1. The van der Waals surface area contributed by atoms with Crippen molar-refractivity contribution in [3.05, 3.63) is 45.1 Å². The van der Waals surface area contributed by atoms with E-state index in [0.29, 0.717) is 11.3 Å². The fraction of sp³-hybridized carbons (Fsp3) is 0.214. The van der Waals surface area contributed by atoms with E-state index in [1.54, 1.807) is 23.5 Å². The number of benzene rings is 1. The molecule has 0 saturated carbocycles. The number of carbonyl (C=O) groups excluding carboxylic acids is 1. The van der Waals surface area contributed by atoms with Crippen molar-refractivity contribution in [1.82, 2.24) is 0 Å². The standard InChI is InChI=1S/C14H15ClN2OS/c1-9(18)12-4-2-10(8-13(12)16)17-7-6-11-3-5-14(15)19-11/h2-5,8,17H,6-7,16H2,1H3. The zero-order valence-electron chi connectivity index (χ0n) is 10.6. The summed E-state index contributed by atoms with van der Waals surface area (Å²) in [6, 6.07) is 9.34. The summed E-state index contributed by atoms with van der Waals surface area (Å²) in [5.41, 5.74) is 7.83. The molecule has 0 aliphatic heterocycles. The molecule has 2 aromatic rings. The molecule has 3 nitrogen and oxygen atoms in total. The molecule has 0 aliphatic carbocycles. The summed E-state index contributed by atoms with van der Waals surface area (Å²) in [5.74, 6) is -0.0164. The molecule has 0 amide bonds. The average Bonchev–Trinajstić information content (AvgIpc) is 2.75. The van der Waals surface area contributed by atoms with E-state index in [4.69, 9.17) is 17.3 Å². The molecule has 0 aliphatic rings. The lowest BCUT2D eigenvalue weighted by Gasteiger charge is -2.08. The molecule has 0 unspecified atom stereocenters. The van der Waals surface area contributed by atoms with Crippen molar-refractivity contribution in [3.8, 4) is 0 Å². The van der Waals surface area contributed by atoms with Crippen LogP contribution >= 0.6 is 22.9 Å². The largest absolute Gasteiger partial charge is 0.398 e. The van der Waals surface area contributed by atoms with Crippen LogP contribution in [-0.4, -0.2) is 12.3 Å². The van der Waals surface area contributed by atoms with Crippen LogP contribution in [0.5, 0.6) is 0 Å². The molecular formula is C14H15ClN2OS. The van der Waals surface area contributed by atoms with E-state index in [0.717, 1.165) is 23.0 Å². The fourth-order valence-corrected chi connectivity index (χ4v) is 2.90. The van der Waals surface area contributed by atoms with Crippen LogP contribution in [0, 0.1) is 0 Å². The van der Waals surface area contributed by atoms with Gasteiger partial charge in [-0.25, -0.2) is 0 Å². The monoisotopic (exact) mass is 294 g/mol. The van der Waals surface area contributed by atoms with Crippen molar-refractivity contribution in [2.24, 2.45) is 0 Å². The molecule has 1 aromatic heterocycles. The van der Waals surface area contributed by atoms with Gasteiger partial charge in [-0.2, -0.15) is 0 Å². The van der Waals surface area contributed by atoms with Gasteiger partial charge in [-0.15, -0.1) is 11.3 Å². The predicted molar refractivity (Wildman–Crippen MR) is 82.4 cm³/mol. The molecule has 0 radical (unpaired) electrons. The molecular weight excluding hydrogens is 280 g/mol. The highest BCUT2D eigenvalue weighted by molar-refractivity contribution is 7.16. The number of anilines is 2. The van der Waals surface area contributed by atoms with E-state index in [1.165, 1.54) is 11.8 Å². The Labute approximate surface area is 121 Å². The van der Waals surface area contributed by atoms with Crippen LogP contribution in [0.3, 0.4) is 0 Å². The summed E-state index contributed by atoms with van der Waals surface area (Å²) in [6.07, 6.45) is 0.908. The maximum absolute atomic E-state index is 11.3. The number of nitrogens with two attached hydrogens (primary N) is 1. The zero-order valence-corrected chi connectivity index (χ0v) is 12.1. The van der Waals surface area contributed by atoms with Crippen LogP contribution in [0.2, 0.25) is 4.34 Å². The second-order valence-corrected chi connectivity index (χ2v) is 6.04. The second kappa shape index (κ2) is 6.08. The van der Waals surface area contributed by atoms with Gasteiger partial charge in [0.1, 0.15) is 0 Å². The minimum Gasteiger partial charge on any atom is -0.398 e. The lowest BCUT2D eigenvalue weighted by molar-refractivity contribution is 0.101. The van der Waals surface area contributed by atoms with E-state index >= 15 is 0 Å². The highest BCUT2D eigenvalue weighted by Crippen LogP contribution is 2.22. The van der Waals surface area contributed by atoms with Gasteiger partial charge < -0.3 is 11.1 Å². The minimum absolute atomic E-state index is 0.0164. The van der Waals surface area contributed by atoms with Crippen molar-refractivity contribution in [1.29, 1.82) is 0 Å². The number of hydrogen-bond donors (Lipinski definition) is 2. The fourth-order valence-electron chi connectivity index (χ4n) is 1.81. The first-order valence-electron chi connectivity index (χ1n) is 5.95. The molecule has 1 heterocycles. The normalized spacial score (nSPS) is 10.4. The lowest BCUT2D eigenvalue weighted by atomic mass is 10.1. The number of ketones is 1. The molecule has 0 saturated heterocycles. The summed E-state index contributed by atoms with van der Waals surface area (Å²) < 4.78 is 0.810. The summed E-state index contributed by atoms with van der Waals surface area (Å²) >= 11 is 7.46. The number of nitrogen functional groups attached to an aromatic ring is 1. The van der Waals surface area contributed by atoms with Crippen molar-refractivity contribution in [3.63, 3.8) is 0 Å². The van der Waals surface area contributed by atoms with Crippen LogP contribution in [0.4, 0.5) is 11.4 Å². The van der Waals surface area contributed by atoms with Gasteiger partial charge in [-0.3, -0.25) is 4.79 Å². The molecule has 19 heavy (non-hydrogen) atoms. The summed E-state index contributed by atoms with van der Waals surface area (Å²) in [6.45, 7) is 2.31. The first kappa shape index (κ1) is 13.9. The highest BCUT2D eigenvalue weighted by atomic mass is 35.5. The van der Waals surface area contributed by atoms with Gasteiger partial charge in [0.15, 0.2) is 5.78 Å². The lowest BCUT2D eigenvalue weighted by Crippen LogP contribution is -2.06. The number of hydrogen-bond acceptors (Lipinski definition) is 4. The smallest absolute Gasteiger partial charge is 0.161 e. The number of nitrogens with one attached hydrogen (secondary N) is 1. The number of thiophene rings is 1. The van der Waals surface area contributed by atoms with Crippen molar-refractivity contribution < 1.29 is 4.79 Å². The average molecular weight is 295 g/mol. The molecule has 0 atom stereocenters. The number of rotatable bonds is 5. The van der Waals surface area contributed by atoms with Gasteiger partial charge in [0.25, 0.3) is 0 Å². The van der Waals surface area contributed by atoms with E-state index in [-0.39, 0.29) is 5.78 Å². The SMILES string of the molecule is CC(=O)c1ccc(NCCc2ccc(Cl)s2)cc1N. The Morgan fingerprint density at radius 3 is 2.74 bits per heavy atom. The van der Waals surface area contributed by atoms with Gasteiger partial charge in [0, 0.05) is 28.4 Å². The minimum atomic E-state index is -0.0164. The Hall–Kier alpha value is -1.52. The number of halogens is 1. The van der Waals surface area contributed by atoms with Gasteiger partial charge in [0.2, 0.25) is 0 Å². The van der Waals surface area contributed by atoms with Crippen LogP contribution in [0.1, 0.15) is 22.2 Å². The third-order valence-electron chi connectivity index (χ3n) is 2.76. The van der Waals surface area contributed by atoms with Crippen molar-refractivity contribution >= 4 is 40.1 Å². The van der Waals surface area contributed by atoms with Gasteiger partial charge in [-0.1, -0.05) is 11.6 Å². The van der Waals surface area contributed by atoms with Crippen LogP contribution < -0.4 is 11.1 Å². The van der Waals surface area contributed by atoms with E-state index < -0.39 is 0 Å². The van der Waals surface area contributed by atoms with Gasteiger partial charge in [-0.05, 0) is 43.7 Å². The summed E-state index contributed by atoms with van der Waals surface area (Å²) in [5, 5.41) is 3.28. The van der Waals surface area contributed by atoms with E-state index in [2.05, 4.69) is 5.32 Å². The Morgan fingerprint density at radius 2 is 2.16 bits per heavy atom. The summed E-state index contributed by atoms with van der Waals surface area (Å²) in [4.78, 5) is 12.5. The number of Topliss-reactive ketones (excluding diaryl/α,β-unsaturated/α-hetero) is 1. The first-order chi connectivity index (χ1) is 9.06. The maximum Gasteiger partial charge on any atom is 0.161 e. The third kappa shape index (κ3) is 3.72.